The van der Waals surface area contributed by atoms with Crippen molar-refractivity contribution < 1.29 is 17.6 Å². The van der Waals surface area contributed by atoms with Crippen molar-refractivity contribution in [3.8, 4) is 11.4 Å². The Morgan fingerprint density at radius 2 is 1.70 bits per heavy atom. The molecule has 1 saturated carbocycles. The van der Waals surface area contributed by atoms with Gasteiger partial charge < -0.3 is 19.0 Å². The molecular formula is C29H36N6O4S. The van der Waals surface area contributed by atoms with Crippen molar-refractivity contribution in [3.63, 3.8) is 0 Å². The first-order valence-corrected chi connectivity index (χ1v) is 15.4. The van der Waals surface area contributed by atoms with Gasteiger partial charge in [0.05, 0.1) is 29.1 Å². The fourth-order valence-corrected chi connectivity index (χ4v) is 6.72. The largest absolute Gasteiger partial charge is 0.424 e. The summed E-state index contributed by atoms with van der Waals surface area (Å²) in [6.45, 7) is 9.38. The van der Waals surface area contributed by atoms with E-state index in [1.165, 1.54) is 0 Å². The van der Waals surface area contributed by atoms with Crippen molar-refractivity contribution in [2.75, 3.05) is 31.2 Å². The van der Waals surface area contributed by atoms with E-state index in [0.29, 0.717) is 36.0 Å². The van der Waals surface area contributed by atoms with Crippen molar-refractivity contribution in [1.82, 2.24) is 24.9 Å². The van der Waals surface area contributed by atoms with Gasteiger partial charge >= 0.3 is 0 Å². The molecule has 1 aliphatic carbocycles. The van der Waals surface area contributed by atoms with Gasteiger partial charge in [0, 0.05) is 41.7 Å². The van der Waals surface area contributed by atoms with E-state index in [0.717, 1.165) is 55.9 Å². The third kappa shape index (κ3) is 5.63. The minimum Gasteiger partial charge on any atom is -0.424 e. The zero-order chi connectivity index (χ0) is 27.9. The van der Waals surface area contributed by atoms with Crippen LogP contribution in [-0.4, -0.2) is 60.9 Å². The maximum absolute atomic E-state index is 13.3. The molecule has 10 nitrogen and oxygen atoms in total. The van der Waals surface area contributed by atoms with E-state index in [1.54, 1.807) is 18.2 Å². The van der Waals surface area contributed by atoms with Gasteiger partial charge in [0.1, 0.15) is 5.82 Å². The first kappa shape index (κ1) is 26.9. The monoisotopic (exact) mass is 564 g/mol. The predicted molar refractivity (Wildman–Crippen MR) is 153 cm³/mol. The quantitative estimate of drug-likeness (QED) is 0.344. The summed E-state index contributed by atoms with van der Waals surface area (Å²) >= 11 is 0. The highest BCUT2D eigenvalue weighted by molar-refractivity contribution is 7.89. The zero-order valence-corrected chi connectivity index (χ0v) is 24.0. The standard InChI is InChI=1S/C29H36N6O4S/c1-29(2,3)28-33-32-27(39-28)20-4-8-21(9-5-20)34-40(36,37)23-12-13-24-25(18-23)31-26(30-24)19-6-10-22(11-7-19)35-14-16-38-17-15-35/h6-7,10-13,18,20-21,34H,4-5,8-9,14-17H2,1-3H3,(H,30,31). The van der Waals surface area contributed by atoms with Crippen LogP contribution in [0, 0.1) is 0 Å². The van der Waals surface area contributed by atoms with Crippen LogP contribution >= 0.6 is 0 Å². The lowest BCUT2D eigenvalue weighted by Crippen LogP contribution is -2.37. The average Bonchev–Trinajstić information content (AvgIpc) is 3.62. The van der Waals surface area contributed by atoms with Gasteiger partial charge in [0.15, 0.2) is 0 Å². The Balaban J connectivity index is 1.11. The highest BCUT2D eigenvalue weighted by Gasteiger charge is 2.31. The highest BCUT2D eigenvalue weighted by atomic mass is 32.2. The number of hydrogen-bond acceptors (Lipinski definition) is 8. The van der Waals surface area contributed by atoms with Gasteiger partial charge in [-0.15, -0.1) is 10.2 Å². The van der Waals surface area contributed by atoms with Crippen LogP contribution in [0.4, 0.5) is 5.69 Å². The SMILES string of the molecule is CC(C)(C)c1nnc(C2CCC(NS(=O)(=O)c3ccc4nc(-c5ccc(N6CCOCC6)cc5)[nH]c4c3)CC2)o1. The van der Waals surface area contributed by atoms with E-state index < -0.39 is 10.0 Å². The third-order valence-corrected chi connectivity index (χ3v) is 9.28. The number of imidazole rings is 1. The van der Waals surface area contributed by atoms with Crippen molar-refractivity contribution in [2.24, 2.45) is 0 Å². The number of benzene rings is 2. The number of nitrogens with one attached hydrogen (secondary N) is 2. The van der Waals surface area contributed by atoms with Gasteiger partial charge in [-0.25, -0.2) is 18.1 Å². The summed E-state index contributed by atoms with van der Waals surface area (Å²) in [7, 11) is -3.69. The van der Waals surface area contributed by atoms with Gasteiger partial charge in [0.25, 0.3) is 0 Å². The topological polar surface area (TPSA) is 126 Å². The number of rotatable bonds is 6. The summed E-state index contributed by atoms with van der Waals surface area (Å²) in [5.41, 5.74) is 3.32. The summed E-state index contributed by atoms with van der Waals surface area (Å²) in [4.78, 5) is 10.5. The van der Waals surface area contributed by atoms with Crippen LogP contribution in [0.25, 0.3) is 22.4 Å². The molecule has 11 heteroatoms. The Kier molecular flexibility index (Phi) is 7.14. The van der Waals surface area contributed by atoms with Gasteiger partial charge in [-0.05, 0) is 68.1 Å². The number of fused-ring (bicyclic) bond motifs is 1. The molecule has 2 aliphatic rings. The first-order chi connectivity index (χ1) is 19.2. The van der Waals surface area contributed by atoms with E-state index in [2.05, 4.69) is 36.9 Å². The van der Waals surface area contributed by atoms with Crippen molar-refractivity contribution in [3.05, 3.63) is 54.2 Å². The summed E-state index contributed by atoms with van der Waals surface area (Å²) < 4.78 is 40.8. The number of nitrogens with zero attached hydrogens (tertiary/aromatic N) is 4. The molecule has 0 atom stereocenters. The number of ether oxygens (including phenoxy) is 1. The molecule has 3 heterocycles. The summed E-state index contributed by atoms with van der Waals surface area (Å²) in [5, 5.41) is 8.47. The van der Waals surface area contributed by atoms with E-state index >= 15 is 0 Å². The summed E-state index contributed by atoms with van der Waals surface area (Å²) in [6, 6.07) is 13.2. The number of hydrogen-bond donors (Lipinski definition) is 2. The Morgan fingerprint density at radius 3 is 2.38 bits per heavy atom. The van der Waals surface area contributed by atoms with E-state index in [-0.39, 0.29) is 22.3 Å². The van der Waals surface area contributed by atoms with Gasteiger partial charge in [-0.3, -0.25) is 0 Å². The molecule has 4 aromatic rings. The van der Waals surface area contributed by atoms with E-state index in [4.69, 9.17) is 14.1 Å². The Labute approximate surface area is 234 Å². The molecular weight excluding hydrogens is 528 g/mol. The molecule has 6 rings (SSSR count). The van der Waals surface area contributed by atoms with E-state index in [1.807, 2.05) is 32.9 Å². The van der Waals surface area contributed by atoms with Gasteiger partial charge in [0.2, 0.25) is 21.8 Å². The first-order valence-electron chi connectivity index (χ1n) is 13.9. The lowest BCUT2D eigenvalue weighted by molar-refractivity contribution is 0.122. The molecule has 2 aromatic carbocycles. The predicted octanol–water partition coefficient (Wildman–Crippen LogP) is 4.75. The molecule has 1 aliphatic heterocycles. The van der Waals surface area contributed by atoms with E-state index in [9.17, 15) is 8.42 Å². The van der Waals surface area contributed by atoms with Crippen LogP contribution < -0.4 is 9.62 Å². The van der Waals surface area contributed by atoms with Crippen molar-refractivity contribution >= 4 is 26.7 Å². The van der Waals surface area contributed by atoms with Crippen molar-refractivity contribution in [2.45, 2.75) is 68.7 Å². The molecule has 212 valence electrons. The van der Waals surface area contributed by atoms with Crippen LogP contribution in [0.2, 0.25) is 0 Å². The maximum atomic E-state index is 13.3. The molecule has 0 amide bonds. The Hall–Kier alpha value is -3.28. The number of aromatic nitrogens is 4. The number of aromatic amines is 1. The van der Waals surface area contributed by atoms with Gasteiger partial charge in [-0.1, -0.05) is 20.8 Å². The molecule has 0 radical (unpaired) electrons. The molecule has 0 unspecified atom stereocenters. The molecule has 2 aromatic heterocycles. The second kappa shape index (κ2) is 10.6. The van der Waals surface area contributed by atoms with Crippen LogP contribution in [0.3, 0.4) is 0 Å². The normalized spacial score (nSPS) is 20.7. The Morgan fingerprint density at radius 1 is 0.975 bits per heavy atom. The average molecular weight is 565 g/mol. The number of anilines is 1. The summed E-state index contributed by atoms with van der Waals surface area (Å²) in [5.74, 6) is 2.15. The van der Waals surface area contributed by atoms with Crippen LogP contribution in [0.1, 0.15) is 64.2 Å². The second-order valence-corrected chi connectivity index (χ2v) is 13.5. The molecule has 1 saturated heterocycles. The molecule has 0 spiro atoms. The minimum atomic E-state index is -3.69. The zero-order valence-electron chi connectivity index (χ0n) is 23.2. The minimum absolute atomic E-state index is 0.135. The van der Waals surface area contributed by atoms with Crippen LogP contribution in [-0.2, 0) is 20.2 Å². The number of morpholine rings is 1. The lowest BCUT2D eigenvalue weighted by atomic mass is 9.86. The molecule has 40 heavy (non-hydrogen) atoms. The third-order valence-electron chi connectivity index (χ3n) is 7.76. The molecule has 0 bridgehead atoms. The maximum Gasteiger partial charge on any atom is 0.240 e. The second-order valence-electron chi connectivity index (χ2n) is 11.8. The highest BCUT2D eigenvalue weighted by Crippen LogP contribution is 2.34. The molecule has 2 fully saturated rings. The van der Waals surface area contributed by atoms with Crippen LogP contribution in [0.5, 0.6) is 0 Å². The van der Waals surface area contributed by atoms with Gasteiger partial charge in [-0.2, -0.15) is 0 Å². The number of sulfonamides is 1. The summed E-state index contributed by atoms with van der Waals surface area (Å²) in [6.07, 6.45) is 3.03. The smallest absolute Gasteiger partial charge is 0.240 e. The van der Waals surface area contributed by atoms with Crippen molar-refractivity contribution in [1.29, 1.82) is 0 Å². The molecule has 2 N–H and O–H groups in total. The fourth-order valence-electron chi connectivity index (χ4n) is 5.39. The van der Waals surface area contributed by atoms with Crippen LogP contribution in [0.15, 0.2) is 51.8 Å². The lowest BCUT2D eigenvalue weighted by Gasteiger charge is -2.28. The fraction of sp³-hybridized carbons (Fsp3) is 0.483. The Bertz CT molecular complexity index is 1570. The number of H-pyrrole nitrogens is 1.